The second kappa shape index (κ2) is 10.5. The molecule has 0 radical (unpaired) electrons. The summed E-state index contributed by atoms with van der Waals surface area (Å²) in [5.74, 6) is 2.50. The Labute approximate surface area is 264 Å². The number of hydrogen-bond donors (Lipinski definition) is 1. The van der Waals surface area contributed by atoms with Crippen molar-refractivity contribution in [2.75, 3.05) is 37.9 Å². The minimum atomic E-state index is -3.02. The van der Waals surface area contributed by atoms with E-state index in [1.165, 1.54) is 19.1 Å². The van der Waals surface area contributed by atoms with Crippen LogP contribution in [0.5, 0.6) is 5.75 Å². The lowest BCUT2D eigenvalue weighted by molar-refractivity contribution is 0.0700. The van der Waals surface area contributed by atoms with Gasteiger partial charge in [0.2, 0.25) is 0 Å². The molecule has 3 atom stereocenters. The molecule has 0 spiro atoms. The Balaban J connectivity index is 1.17. The van der Waals surface area contributed by atoms with Crippen LogP contribution in [0.15, 0.2) is 36.4 Å². The van der Waals surface area contributed by atoms with Gasteiger partial charge in [-0.2, -0.15) is 0 Å². The molecule has 8 rings (SSSR count). The van der Waals surface area contributed by atoms with E-state index in [0.29, 0.717) is 36.0 Å². The van der Waals surface area contributed by atoms with E-state index in [1.54, 1.807) is 7.11 Å². The Morgan fingerprint density at radius 2 is 1.82 bits per heavy atom. The van der Waals surface area contributed by atoms with E-state index in [0.717, 1.165) is 78.2 Å². The first-order valence-corrected chi connectivity index (χ1v) is 18.2. The summed E-state index contributed by atoms with van der Waals surface area (Å²) in [6, 6.07) is 12.7. The Morgan fingerprint density at radius 1 is 1.04 bits per heavy atom. The number of piperidine rings is 2. The number of nitrogens with two attached hydrogens (primary N) is 1. The molecule has 238 valence electrons. The molecular weight excluding hydrogens is 588 g/mol. The number of aryl methyl sites for hydroxylation is 1. The summed E-state index contributed by atoms with van der Waals surface area (Å²) in [6.07, 6.45) is 7.18. The Bertz CT molecular complexity index is 1930. The summed E-state index contributed by atoms with van der Waals surface area (Å²) in [6.45, 7) is 3.10. The highest BCUT2D eigenvalue weighted by atomic mass is 32.2. The van der Waals surface area contributed by atoms with Gasteiger partial charge in [-0.1, -0.05) is 6.07 Å². The third-order valence-corrected chi connectivity index (χ3v) is 12.7. The Morgan fingerprint density at radius 3 is 2.47 bits per heavy atom. The predicted molar refractivity (Wildman–Crippen MR) is 177 cm³/mol. The maximum atomic E-state index is 13.7. The summed E-state index contributed by atoms with van der Waals surface area (Å²) < 4.78 is 34.6. The van der Waals surface area contributed by atoms with Crippen molar-refractivity contribution >= 4 is 43.4 Å². The van der Waals surface area contributed by atoms with Crippen LogP contribution >= 0.6 is 0 Å². The largest absolute Gasteiger partial charge is 0.494 e. The van der Waals surface area contributed by atoms with Crippen LogP contribution in [0.25, 0.3) is 33.5 Å². The first-order chi connectivity index (χ1) is 21.6. The number of nitrogens with zero attached hydrogens (tertiary/aromatic N) is 5. The Hall–Kier alpha value is -3.57. The van der Waals surface area contributed by atoms with Crippen molar-refractivity contribution in [1.29, 1.82) is 0 Å². The number of anilines is 1. The maximum absolute atomic E-state index is 13.7. The third kappa shape index (κ3) is 4.81. The molecule has 2 aromatic heterocycles. The van der Waals surface area contributed by atoms with E-state index in [-0.39, 0.29) is 23.2 Å². The molecule has 11 heteroatoms. The van der Waals surface area contributed by atoms with Gasteiger partial charge in [0, 0.05) is 68.2 Å². The molecule has 2 unspecified atom stereocenters. The molecule has 1 amide bonds. The van der Waals surface area contributed by atoms with Crippen LogP contribution in [0.3, 0.4) is 0 Å². The lowest BCUT2D eigenvalue weighted by Crippen LogP contribution is -2.41. The Kier molecular flexibility index (Phi) is 6.73. The van der Waals surface area contributed by atoms with Crippen LogP contribution in [-0.2, 0) is 23.4 Å². The normalized spacial score (nSPS) is 24.0. The van der Waals surface area contributed by atoms with Crippen LogP contribution < -0.4 is 15.4 Å². The number of sulfone groups is 1. The fraction of sp³-hybridized carbons (Fsp3) is 0.529. The van der Waals surface area contributed by atoms with Gasteiger partial charge in [0.15, 0.2) is 5.82 Å². The number of ether oxygens (including phenoxy) is 1. The second-order valence-corrected chi connectivity index (χ2v) is 16.1. The lowest BCUT2D eigenvalue weighted by atomic mass is 10.1. The van der Waals surface area contributed by atoms with Crippen molar-refractivity contribution in [2.45, 2.75) is 62.4 Å². The van der Waals surface area contributed by atoms with Gasteiger partial charge in [0.1, 0.15) is 21.1 Å². The van der Waals surface area contributed by atoms with E-state index in [2.05, 4.69) is 38.3 Å². The summed E-state index contributed by atoms with van der Waals surface area (Å²) in [4.78, 5) is 23.1. The van der Waals surface area contributed by atoms with Gasteiger partial charge < -0.3 is 29.4 Å². The van der Waals surface area contributed by atoms with Gasteiger partial charge >= 0.3 is 0 Å². The van der Waals surface area contributed by atoms with Gasteiger partial charge in [-0.25, -0.2) is 13.4 Å². The molecular formula is C34H42N6O4S. The standard InChI is InChI=1S/C34H42N6O4S/c1-37-32-26(14-23(16-30(32)44-2)34(41)40-19-22-7-9-27(40)31(22)35)36-33(37)29-15-21-6-8-24(17-28(21)39(29)18-20-4-5-20)38-12-10-25(11-13-38)45(3,42)43/h6,8,14-17,20,22,25,27,31H,4-5,7,9-13,18-19,35H2,1-3H3/t22?,27?,31-/m1/s1. The lowest BCUT2D eigenvalue weighted by Gasteiger charge is -2.33. The van der Waals surface area contributed by atoms with Crippen molar-refractivity contribution < 1.29 is 17.9 Å². The number of imidazole rings is 1. The predicted octanol–water partition coefficient (Wildman–Crippen LogP) is 4.19. The molecule has 2 aliphatic carbocycles. The summed E-state index contributed by atoms with van der Waals surface area (Å²) >= 11 is 0. The van der Waals surface area contributed by atoms with E-state index in [1.807, 2.05) is 24.1 Å². The van der Waals surface area contributed by atoms with Crippen LogP contribution in [-0.4, -0.2) is 83.7 Å². The number of carbonyl (C=O) groups excluding carboxylic acids is 1. The number of methoxy groups -OCH3 is 1. The van der Waals surface area contributed by atoms with Gasteiger partial charge in [-0.3, -0.25) is 4.79 Å². The molecule has 2 saturated carbocycles. The SMILES string of the molecule is COc1cc(C(=O)N2CC3CCC2[C@@H]3N)cc2nc(-c3cc4ccc(N5CCC(S(C)(=O)=O)CC5)cc4n3CC3CC3)n(C)c12. The number of carbonyl (C=O) groups is 1. The van der Waals surface area contributed by atoms with Crippen molar-refractivity contribution in [1.82, 2.24) is 19.0 Å². The quantitative estimate of drug-likeness (QED) is 0.326. The number of aromatic nitrogens is 3. The average molecular weight is 631 g/mol. The summed E-state index contributed by atoms with van der Waals surface area (Å²) in [7, 11) is 0.646. The zero-order valence-electron chi connectivity index (χ0n) is 26.3. The minimum Gasteiger partial charge on any atom is -0.494 e. The topological polar surface area (TPSA) is 116 Å². The maximum Gasteiger partial charge on any atom is 0.254 e. The first kappa shape index (κ1) is 28.9. The zero-order chi connectivity index (χ0) is 31.2. The summed E-state index contributed by atoms with van der Waals surface area (Å²) in [5, 5.41) is 0.895. The molecule has 2 saturated heterocycles. The molecule has 2 aromatic carbocycles. The number of benzene rings is 2. The second-order valence-electron chi connectivity index (χ2n) is 13.8. The summed E-state index contributed by atoms with van der Waals surface area (Å²) in [5.41, 5.74) is 11.9. The number of hydrogen-bond acceptors (Lipinski definition) is 7. The van der Waals surface area contributed by atoms with E-state index in [9.17, 15) is 13.2 Å². The highest BCUT2D eigenvalue weighted by Gasteiger charge is 2.47. The molecule has 2 N–H and O–H groups in total. The van der Waals surface area contributed by atoms with Crippen LogP contribution in [0, 0.1) is 11.8 Å². The molecule has 4 aliphatic rings. The van der Waals surface area contributed by atoms with Crippen molar-refractivity contribution in [3.63, 3.8) is 0 Å². The van der Waals surface area contributed by atoms with Crippen LogP contribution in [0.4, 0.5) is 5.69 Å². The third-order valence-electron chi connectivity index (χ3n) is 11.0. The number of fused-ring (bicyclic) bond motifs is 4. The fourth-order valence-electron chi connectivity index (χ4n) is 8.19. The van der Waals surface area contributed by atoms with E-state index in [4.69, 9.17) is 15.5 Å². The first-order valence-electron chi connectivity index (χ1n) is 16.3. The van der Waals surface area contributed by atoms with Crippen LogP contribution in [0.1, 0.15) is 48.9 Å². The fourth-order valence-corrected chi connectivity index (χ4v) is 9.26. The monoisotopic (exact) mass is 630 g/mol. The van der Waals surface area contributed by atoms with E-state index >= 15 is 0 Å². The molecule has 2 aliphatic heterocycles. The molecule has 2 bridgehead atoms. The van der Waals surface area contributed by atoms with Crippen molar-refractivity contribution in [3.8, 4) is 17.3 Å². The molecule has 4 heterocycles. The number of likely N-dealkylation sites (tertiary alicyclic amines) is 1. The molecule has 45 heavy (non-hydrogen) atoms. The molecule has 4 aromatic rings. The van der Waals surface area contributed by atoms with Crippen LogP contribution in [0.2, 0.25) is 0 Å². The van der Waals surface area contributed by atoms with Gasteiger partial charge in [-0.05, 0) is 80.7 Å². The minimum absolute atomic E-state index is 0.000925. The number of amides is 1. The van der Waals surface area contributed by atoms with Gasteiger partial charge in [-0.15, -0.1) is 0 Å². The smallest absolute Gasteiger partial charge is 0.254 e. The number of rotatable bonds is 7. The van der Waals surface area contributed by atoms with Crippen molar-refractivity contribution in [2.24, 2.45) is 24.6 Å². The highest BCUT2D eigenvalue weighted by Crippen LogP contribution is 2.41. The molecule has 10 nitrogen and oxygen atoms in total. The van der Waals surface area contributed by atoms with Gasteiger partial charge in [0.05, 0.1) is 29.1 Å². The van der Waals surface area contributed by atoms with Gasteiger partial charge in [0.25, 0.3) is 5.91 Å². The highest BCUT2D eigenvalue weighted by molar-refractivity contribution is 7.91. The van der Waals surface area contributed by atoms with Crippen molar-refractivity contribution in [3.05, 3.63) is 42.0 Å². The average Bonchev–Trinajstić information content (AvgIpc) is 3.44. The van der Waals surface area contributed by atoms with E-state index < -0.39 is 9.84 Å². The zero-order valence-corrected chi connectivity index (χ0v) is 27.1. The molecule has 4 fully saturated rings.